The molecule has 1 unspecified atom stereocenters. The lowest BCUT2D eigenvalue weighted by atomic mass is 9.98. The van der Waals surface area contributed by atoms with Gasteiger partial charge in [0.05, 0.1) is 11.6 Å². The maximum absolute atomic E-state index is 12.2. The van der Waals surface area contributed by atoms with Crippen LogP contribution in [0.1, 0.15) is 38.2 Å². The summed E-state index contributed by atoms with van der Waals surface area (Å²) in [6, 6.07) is 7.83. The van der Waals surface area contributed by atoms with Gasteiger partial charge < -0.3 is 15.8 Å². The molecule has 1 fully saturated rings. The van der Waals surface area contributed by atoms with E-state index in [0.717, 1.165) is 37.0 Å². The van der Waals surface area contributed by atoms with E-state index in [1.54, 1.807) is 0 Å². The third kappa shape index (κ3) is 3.73. The van der Waals surface area contributed by atoms with Gasteiger partial charge in [0.25, 0.3) is 0 Å². The summed E-state index contributed by atoms with van der Waals surface area (Å²) in [5.41, 5.74) is 6.61. The van der Waals surface area contributed by atoms with Gasteiger partial charge in [-0.05, 0) is 44.4 Å². The molecular weight excluding hydrogens is 252 g/mol. The average molecular weight is 276 g/mol. The molecule has 0 aromatic heterocycles. The van der Waals surface area contributed by atoms with Crippen LogP contribution < -0.4 is 15.8 Å². The summed E-state index contributed by atoms with van der Waals surface area (Å²) >= 11 is 0. The number of nitrogens with two attached hydrogens (primary N) is 1. The quantitative estimate of drug-likeness (QED) is 0.866. The number of carbonyl (C=O) groups excluding carboxylic acids is 1. The summed E-state index contributed by atoms with van der Waals surface area (Å²) in [6.07, 6.45) is 3.64. The molecule has 0 aliphatic heterocycles. The molecule has 1 aliphatic rings. The van der Waals surface area contributed by atoms with E-state index in [9.17, 15) is 4.79 Å². The third-order valence-corrected chi connectivity index (χ3v) is 3.82. The van der Waals surface area contributed by atoms with Crippen molar-refractivity contribution in [1.29, 1.82) is 0 Å². The van der Waals surface area contributed by atoms with Crippen molar-refractivity contribution in [3.63, 3.8) is 0 Å². The zero-order valence-electron chi connectivity index (χ0n) is 12.3. The minimum Gasteiger partial charge on any atom is -0.491 e. The smallest absolute Gasteiger partial charge is 0.240 e. The van der Waals surface area contributed by atoms with Crippen molar-refractivity contribution < 1.29 is 9.53 Å². The van der Waals surface area contributed by atoms with Crippen molar-refractivity contribution in [3.8, 4) is 5.75 Å². The summed E-state index contributed by atoms with van der Waals surface area (Å²) in [5, 5.41) is 2.96. The first-order valence-corrected chi connectivity index (χ1v) is 7.29. The Kier molecular flexibility index (Phi) is 4.65. The lowest BCUT2D eigenvalue weighted by Gasteiger charge is -2.25. The molecule has 1 aromatic rings. The van der Waals surface area contributed by atoms with E-state index in [0.29, 0.717) is 6.61 Å². The van der Waals surface area contributed by atoms with Crippen LogP contribution in [0.15, 0.2) is 24.3 Å². The Labute approximate surface area is 120 Å². The topological polar surface area (TPSA) is 64.3 Å². The minimum atomic E-state index is -0.669. The zero-order chi connectivity index (χ0) is 14.6. The van der Waals surface area contributed by atoms with Crippen LogP contribution in [0.4, 0.5) is 0 Å². The maximum atomic E-state index is 12.2. The molecule has 1 atom stereocenters. The van der Waals surface area contributed by atoms with E-state index in [4.69, 9.17) is 10.5 Å². The lowest BCUT2D eigenvalue weighted by molar-refractivity contribution is -0.127. The monoisotopic (exact) mass is 276 g/mol. The number of amides is 1. The molecule has 1 aliphatic carbocycles. The Balaban J connectivity index is 1.80. The highest BCUT2D eigenvalue weighted by Gasteiger charge is 2.37. The van der Waals surface area contributed by atoms with E-state index >= 15 is 0 Å². The highest BCUT2D eigenvalue weighted by Crippen LogP contribution is 2.27. The van der Waals surface area contributed by atoms with Gasteiger partial charge in [-0.15, -0.1) is 0 Å². The SMILES string of the molecule is Cc1cccc(OCC(C)NC(=O)C2(N)CCCC2)c1. The van der Waals surface area contributed by atoms with Crippen LogP contribution in [-0.2, 0) is 4.79 Å². The summed E-state index contributed by atoms with van der Waals surface area (Å²) < 4.78 is 5.69. The molecule has 1 aromatic carbocycles. The molecule has 3 N–H and O–H groups in total. The van der Waals surface area contributed by atoms with Crippen molar-refractivity contribution in [2.75, 3.05) is 6.61 Å². The number of hydrogen-bond acceptors (Lipinski definition) is 3. The first-order valence-electron chi connectivity index (χ1n) is 7.29. The first-order chi connectivity index (χ1) is 9.49. The summed E-state index contributed by atoms with van der Waals surface area (Å²) in [4.78, 5) is 12.2. The summed E-state index contributed by atoms with van der Waals surface area (Å²) in [6.45, 7) is 4.41. The molecule has 1 saturated carbocycles. The number of hydrogen-bond donors (Lipinski definition) is 2. The van der Waals surface area contributed by atoms with Crippen molar-refractivity contribution in [3.05, 3.63) is 29.8 Å². The Hall–Kier alpha value is -1.55. The Morgan fingerprint density at radius 2 is 2.15 bits per heavy atom. The van der Waals surface area contributed by atoms with E-state index in [1.165, 1.54) is 0 Å². The molecule has 4 nitrogen and oxygen atoms in total. The largest absolute Gasteiger partial charge is 0.491 e. The van der Waals surface area contributed by atoms with Crippen LogP contribution >= 0.6 is 0 Å². The Morgan fingerprint density at radius 1 is 1.45 bits per heavy atom. The van der Waals surface area contributed by atoms with Gasteiger partial charge >= 0.3 is 0 Å². The Morgan fingerprint density at radius 3 is 2.80 bits per heavy atom. The fraction of sp³-hybridized carbons (Fsp3) is 0.562. The van der Waals surface area contributed by atoms with Gasteiger partial charge in [-0.1, -0.05) is 25.0 Å². The minimum absolute atomic E-state index is 0.0460. The maximum Gasteiger partial charge on any atom is 0.240 e. The van der Waals surface area contributed by atoms with Crippen LogP contribution in [0, 0.1) is 6.92 Å². The van der Waals surface area contributed by atoms with Gasteiger partial charge in [0.1, 0.15) is 12.4 Å². The molecular formula is C16H24N2O2. The normalized spacial score (nSPS) is 18.6. The number of nitrogens with one attached hydrogen (secondary N) is 1. The molecule has 0 spiro atoms. The van der Waals surface area contributed by atoms with Crippen LogP contribution in [0.5, 0.6) is 5.75 Å². The molecule has 0 saturated heterocycles. The molecule has 0 heterocycles. The van der Waals surface area contributed by atoms with Gasteiger partial charge in [0.15, 0.2) is 0 Å². The van der Waals surface area contributed by atoms with Crippen molar-refractivity contribution >= 4 is 5.91 Å². The van der Waals surface area contributed by atoms with Gasteiger partial charge in [0, 0.05) is 0 Å². The van der Waals surface area contributed by atoms with Crippen LogP contribution in [0.3, 0.4) is 0 Å². The Bertz CT molecular complexity index is 467. The lowest BCUT2D eigenvalue weighted by Crippen LogP contribution is -2.54. The summed E-state index contributed by atoms with van der Waals surface area (Å²) in [7, 11) is 0. The number of carbonyl (C=O) groups is 1. The molecule has 0 bridgehead atoms. The molecule has 1 amide bonds. The van der Waals surface area contributed by atoms with Crippen LogP contribution in [-0.4, -0.2) is 24.1 Å². The van der Waals surface area contributed by atoms with E-state index < -0.39 is 5.54 Å². The molecule has 0 radical (unpaired) electrons. The van der Waals surface area contributed by atoms with Crippen molar-refractivity contribution in [1.82, 2.24) is 5.32 Å². The van der Waals surface area contributed by atoms with Gasteiger partial charge in [-0.2, -0.15) is 0 Å². The van der Waals surface area contributed by atoms with Crippen molar-refractivity contribution in [2.24, 2.45) is 5.73 Å². The first kappa shape index (κ1) is 14.9. The molecule has 20 heavy (non-hydrogen) atoms. The summed E-state index contributed by atoms with van der Waals surface area (Å²) in [5.74, 6) is 0.782. The number of aryl methyl sites for hydroxylation is 1. The van der Waals surface area contributed by atoms with Gasteiger partial charge in [-0.25, -0.2) is 0 Å². The highest BCUT2D eigenvalue weighted by molar-refractivity contribution is 5.86. The van der Waals surface area contributed by atoms with E-state index in [2.05, 4.69) is 5.32 Å². The third-order valence-electron chi connectivity index (χ3n) is 3.82. The number of benzene rings is 1. The fourth-order valence-corrected chi connectivity index (χ4v) is 2.57. The fourth-order valence-electron chi connectivity index (χ4n) is 2.57. The second-order valence-electron chi connectivity index (χ2n) is 5.87. The van der Waals surface area contributed by atoms with Gasteiger partial charge in [0.2, 0.25) is 5.91 Å². The van der Waals surface area contributed by atoms with Crippen LogP contribution in [0.2, 0.25) is 0 Å². The van der Waals surface area contributed by atoms with Crippen LogP contribution in [0.25, 0.3) is 0 Å². The second-order valence-corrected chi connectivity index (χ2v) is 5.87. The van der Waals surface area contributed by atoms with Crippen molar-refractivity contribution in [2.45, 2.75) is 51.1 Å². The second kappa shape index (κ2) is 6.27. The standard InChI is InChI=1S/C16H24N2O2/c1-12-6-5-7-14(10-12)20-11-13(2)18-15(19)16(17)8-3-4-9-16/h5-7,10,13H,3-4,8-9,11,17H2,1-2H3,(H,18,19). The number of ether oxygens (including phenoxy) is 1. The molecule has 110 valence electrons. The predicted octanol–water partition coefficient (Wildman–Crippen LogP) is 2.15. The molecule has 2 rings (SSSR count). The number of rotatable bonds is 5. The molecule has 4 heteroatoms. The average Bonchev–Trinajstić information content (AvgIpc) is 2.85. The zero-order valence-corrected chi connectivity index (χ0v) is 12.3. The van der Waals surface area contributed by atoms with Gasteiger partial charge in [-0.3, -0.25) is 4.79 Å². The van der Waals surface area contributed by atoms with E-state index in [1.807, 2.05) is 38.1 Å². The van der Waals surface area contributed by atoms with E-state index in [-0.39, 0.29) is 11.9 Å². The predicted molar refractivity (Wildman–Crippen MR) is 79.7 cm³/mol. The highest BCUT2D eigenvalue weighted by atomic mass is 16.5.